The van der Waals surface area contributed by atoms with Crippen LogP contribution in [0.1, 0.15) is 18.9 Å². The predicted octanol–water partition coefficient (Wildman–Crippen LogP) is 1.77. The minimum atomic E-state index is 0.0745. The second-order valence-electron chi connectivity index (χ2n) is 3.93. The van der Waals surface area contributed by atoms with Crippen LogP contribution in [-0.4, -0.2) is 23.9 Å². The Labute approximate surface area is 90.1 Å². The smallest absolute Gasteiger partial charge is 0.0748 e. The summed E-state index contributed by atoms with van der Waals surface area (Å²) in [6.45, 7) is 2.97. The first kappa shape index (κ1) is 10.5. The molecule has 0 saturated carbocycles. The lowest BCUT2D eigenvalue weighted by Gasteiger charge is -2.19. The van der Waals surface area contributed by atoms with Crippen LogP contribution in [0, 0.1) is 0 Å². The van der Waals surface area contributed by atoms with Gasteiger partial charge in [0.05, 0.1) is 18.8 Å². The molecule has 0 aromatic heterocycles. The molecule has 0 amide bonds. The van der Waals surface area contributed by atoms with Gasteiger partial charge in [0.15, 0.2) is 0 Å². The molecule has 1 aliphatic heterocycles. The molecule has 1 aliphatic rings. The minimum absolute atomic E-state index is 0.0745. The molecule has 3 nitrogen and oxygen atoms in total. The molecule has 1 saturated heterocycles. The number of hydrogen-bond acceptors (Lipinski definition) is 3. The van der Waals surface area contributed by atoms with Gasteiger partial charge in [-0.1, -0.05) is 18.2 Å². The Balaban J connectivity index is 2.09. The Hall–Kier alpha value is -1.06. The van der Waals surface area contributed by atoms with Gasteiger partial charge in [0, 0.05) is 17.9 Å². The first-order chi connectivity index (χ1) is 7.31. The van der Waals surface area contributed by atoms with Crippen LogP contribution >= 0.6 is 0 Å². The summed E-state index contributed by atoms with van der Waals surface area (Å²) in [5, 5.41) is 12.6. The zero-order valence-corrected chi connectivity index (χ0v) is 8.94. The Bertz CT molecular complexity index is 327. The molecule has 2 rings (SSSR count). The van der Waals surface area contributed by atoms with Crippen LogP contribution in [-0.2, 0) is 11.3 Å². The van der Waals surface area contributed by atoms with E-state index in [1.165, 1.54) is 0 Å². The van der Waals surface area contributed by atoms with Crippen molar-refractivity contribution in [2.24, 2.45) is 0 Å². The normalized spacial score (nSPS) is 25.5. The van der Waals surface area contributed by atoms with Gasteiger partial charge >= 0.3 is 0 Å². The lowest BCUT2D eigenvalue weighted by atomic mass is 10.1. The second-order valence-corrected chi connectivity index (χ2v) is 3.93. The van der Waals surface area contributed by atoms with Gasteiger partial charge in [-0.05, 0) is 19.4 Å². The number of aliphatic hydroxyl groups excluding tert-OH is 1. The standard InChI is InChI=1S/C12H17NO2/c1-9-11(6-7-15-9)13-12-5-3-2-4-10(12)8-14/h2-5,9,11,13-14H,6-8H2,1H3. The topological polar surface area (TPSA) is 41.5 Å². The van der Waals surface area contributed by atoms with Crippen molar-refractivity contribution in [2.45, 2.75) is 32.1 Å². The highest BCUT2D eigenvalue weighted by Crippen LogP contribution is 2.21. The van der Waals surface area contributed by atoms with Gasteiger partial charge in [0.25, 0.3) is 0 Å². The van der Waals surface area contributed by atoms with E-state index in [2.05, 4.69) is 12.2 Å². The summed E-state index contributed by atoms with van der Waals surface area (Å²) in [6, 6.07) is 8.20. The van der Waals surface area contributed by atoms with Crippen molar-refractivity contribution < 1.29 is 9.84 Å². The molecule has 1 aromatic carbocycles. The molecule has 1 fully saturated rings. The molecule has 2 unspecified atom stereocenters. The SMILES string of the molecule is CC1OCCC1Nc1ccccc1CO. The van der Waals surface area contributed by atoms with Gasteiger partial charge in [-0.15, -0.1) is 0 Å². The average Bonchev–Trinajstić information content (AvgIpc) is 2.65. The molecule has 0 radical (unpaired) electrons. The summed E-state index contributed by atoms with van der Waals surface area (Å²) in [6.07, 6.45) is 1.28. The highest BCUT2D eigenvalue weighted by molar-refractivity contribution is 5.51. The largest absolute Gasteiger partial charge is 0.392 e. The first-order valence-electron chi connectivity index (χ1n) is 5.38. The second kappa shape index (κ2) is 4.64. The molecule has 15 heavy (non-hydrogen) atoms. The first-order valence-corrected chi connectivity index (χ1v) is 5.38. The van der Waals surface area contributed by atoms with Crippen molar-refractivity contribution in [1.82, 2.24) is 0 Å². The maximum absolute atomic E-state index is 9.19. The van der Waals surface area contributed by atoms with Crippen LogP contribution in [0.3, 0.4) is 0 Å². The van der Waals surface area contributed by atoms with Crippen molar-refractivity contribution in [3.63, 3.8) is 0 Å². The minimum Gasteiger partial charge on any atom is -0.392 e. The molecule has 1 aromatic rings. The molecule has 2 N–H and O–H groups in total. The molecular weight excluding hydrogens is 190 g/mol. The van der Waals surface area contributed by atoms with Crippen LogP contribution < -0.4 is 5.32 Å². The van der Waals surface area contributed by atoms with Gasteiger partial charge < -0.3 is 15.2 Å². The van der Waals surface area contributed by atoms with Crippen LogP contribution in [0.4, 0.5) is 5.69 Å². The van der Waals surface area contributed by atoms with E-state index in [0.29, 0.717) is 6.04 Å². The van der Waals surface area contributed by atoms with Crippen LogP contribution in [0.15, 0.2) is 24.3 Å². The Morgan fingerprint density at radius 2 is 2.27 bits per heavy atom. The monoisotopic (exact) mass is 207 g/mol. The van der Waals surface area contributed by atoms with E-state index in [9.17, 15) is 5.11 Å². The van der Waals surface area contributed by atoms with Crippen molar-refractivity contribution in [3.05, 3.63) is 29.8 Å². The number of ether oxygens (including phenoxy) is 1. The van der Waals surface area contributed by atoms with E-state index in [1.807, 2.05) is 24.3 Å². The summed E-state index contributed by atoms with van der Waals surface area (Å²) in [5.41, 5.74) is 1.96. The number of anilines is 1. The summed E-state index contributed by atoms with van der Waals surface area (Å²) < 4.78 is 5.49. The summed E-state index contributed by atoms with van der Waals surface area (Å²) in [4.78, 5) is 0. The van der Waals surface area contributed by atoms with E-state index in [4.69, 9.17) is 4.74 Å². The highest BCUT2D eigenvalue weighted by Gasteiger charge is 2.24. The van der Waals surface area contributed by atoms with Gasteiger partial charge in [-0.3, -0.25) is 0 Å². The zero-order chi connectivity index (χ0) is 10.7. The lowest BCUT2D eigenvalue weighted by Crippen LogP contribution is -2.27. The molecule has 0 spiro atoms. The molecular formula is C12H17NO2. The summed E-state index contributed by atoms with van der Waals surface area (Å²) >= 11 is 0. The third-order valence-corrected chi connectivity index (χ3v) is 2.90. The Kier molecular flexibility index (Phi) is 3.23. The zero-order valence-electron chi connectivity index (χ0n) is 8.94. The molecule has 2 atom stereocenters. The van der Waals surface area contributed by atoms with E-state index in [0.717, 1.165) is 24.3 Å². The van der Waals surface area contributed by atoms with Crippen molar-refractivity contribution in [1.29, 1.82) is 0 Å². The van der Waals surface area contributed by atoms with Gasteiger partial charge in [0.1, 0.15) is 0 Å². The third-order valence-electron chi connectivity index (χ3n) is 2.90. The van der Waals surface area contributed by atoms with Crippen LogP contribution in [0.2, 0.25) is 0 Å². The highest BCUT2D eigenvalue weighted by atomic mass is 16.5. The Morgan fingerprint density at radius 3 is 2.93 bits per heavy atom. The fraction of sp³-hybridized carbons (Fsp3) is 0.500. The number of nitrogens with one attached hydrogen (secondary N) is 1. The molecule has 0 aliphatic carbocycles. The molecule has 3 heteroatoms. The van der Waals surface area contributed by atoms with E-state index >= 15 is 0 Å². The van der Waals surface area contributed by atoms with E-state index in [1.54, 1.807) is 0 Å². The quantitative estimate of drug-likeness (QED) is 0.793. The molecule has 0 bridgehead atoms. The van der Waals surface area contributed by atoms with E-state index < -0.39 is 0 Å². The fourth-order valence-corrected chi connectivity index (χ4v) is 1.92. The molecule has 1 heterocycles. The maximum Gasteiger partial charge on any atom is 0.0748 e. The van der Waals surface area contributed by atoms with Crippen molar-refractivity contribution in [2.75, 3.05) is 11.9 Å². The van der Waals surface area contributed by atoms with E-state index in [-0.39, 0.29) is 12.7 Å². The maximum atomic E-state index is 9.19. The third kappa shape index (κ3) is 2.30. The average molecular weight is 207 g/mol. The van der Waals surface area contributed by atoms with Gasteiger partial charge in [0.2, 0.25) is 0 Å². The number of benzene rings is 1. The van der Waals surface area contributed by atoms with Gasteiger partial charge in [-0.2, -0.15) is 0 Å². The van der Waals surface area contributed by atoms with Crippen LogP contribution in [0.5, 0.6) is 0 Å². The summed E-state index contributed by atoms with van der Waals surface area (Å²) in [5.74, 6) is 0. The van der Waals surface area contributed by atoms with Gasteiger partial charge in [-0.25, -0.2) is 0 Å². The number of hydrogen-bond donors (Lipinski definition) is 2. The summed E-state index contributed by atoms with van der Waals surface area (Å²) in [7, 11) is 0. The number of aliphatic hydroxyl groups is 1. The fourth-order valence-electron chi connectivity index (χ4n) is 1.92. The Morgan fingerprint density at radius 1 is 1.47 bits per heavy atom. The number of para-hydroxylation sites is 1. The predicted molar refractivity (Wildman–Crippen MR) is 59.8 cm³/mol. The number of rotatable bonds is 3. The molecule has 82 valence electrons. The van der Waals surface area contributed by atoms with Crippen molar-refractivity contribution in [3.8, 4) is 0 Å². The lowest BCUT2D eigenvalue weighted by molar-refractivity contribution is 0.121. The van der Waals surface area contributed by atoms with Crippen molar-refractivity contribution >= 4 is 5.69 Å². The van der Waals surface area contributed by atoms with Crippen LogP contribution in [0.25, 0.3) is 0 Å².